The number of allylic oxidation sites excluding steroid dienone is 1. The molecule has 44 heteroatoms. The van der Waals surface area contributed by atoms with Gasteiger partial charge in [-0.25, -0.2) is 9.59 Å². The smallest absolute Gasteiger partial charge is 0.364 e. The van der Waals surface area contributed by atoms with Gasteiger partial charge in [-0.2, -0.15) is 0 Å². The van der Waals surface area contributed by atoms with Gasteiger partial charge in [0.1, 0.15) is 141 Å². The molecule has 6 aliphatic heterocycles. The fourth-order valence-electron chi connectivity index (χ4n) is 16.8. The molecule has 6 fully saturated rings. The van der Waals surface area contributed by atoms with Crippen molar-refractivity contribution in [1.29, 1.82) is 0 Å². The van der Waals surface area contributed by atoms with E-state index in [1.54, 1.807) is 6.08 Å². The number of nitrogens with one attached hydrogen (secondary N) is 4. The molecule has 0 aromatic carbocycles. The van der Waals surface area contributed by atoms with E-state index in [0.29, 0.717) is 12.8 Å². The number of hydrogen-bond donors (Lipinski definition) is 26. The van der Waals surface area contributed by atoms with Gasteiger partial charge in [-0.15, -0.1) is 0 Å². The van der Waals surface area contributed by atoms with Crippen molar-refractivity contribution in [2.75, 3.05) is 52.9 Å². The topological polar surface area (TPSA) is 706 Å². The number of carboxylic acids is 2. The average Bonchev–Trinajstić information content (AvgIpc) is 0.750. The number of carbonyl (C=O) groups excluding carboxylic acids is 4. The number of aliphatic hydroxyl groups is 20. The van der Waals surface area contributed by atoms with Crippen molar-refractivity contribution in [2.45, 2.75) is 428 Å². The van der Waals surface area contributed by atoms with E-state index in [4.69, 9.17) is 56.8 Å². The van der Waals surface area contributed by atoms with Crippen LogP contribution in [0.15, 0.2) is 12.2 Å². The summed E-state index contributed by atoms with van der Waals surface area (Å²) in [7, 11) is 0. The van der Waals surface area contributed by atoms with Crippen LogP contribution in [0, 0.1) is 0 Å². The van der Waals surface area contributed by atoms with Gasteiger partial charge in [-0.3, -0.25) is 19.2 Å². The first-order valence-corrected chi connectivity index (χ1v) is 45.4. The standard InChI is InChI=1S/C84H148N4O40/c1-5-7-9-11-13-15-17-19-20-22-24-26-28-30-32-34-57(102)87-47(48(97)33-31-29-27-25-23-21-18-16-14-12-10-8-6-2)43-117-78-68(110)66(108)73(54(40-92)120-78)125-79-69(111)67(109)72(55(41-93)121-79)123-77-61(86-46(4)96)65(107)71(53(39-91)119-77)124-80-70(112)76(128-84(82(115)116)36-50(99)59(85-45(3)95)74(127-84)62(104)51(100)37-89)64(106)56(122-80)44-118-83(81(113)114)35-49(98)60(88-58(103)42-94)75(126-83)63(105)52(101)38-90/h31,33,47-56,59-80,89-94,97-101,104-112H,5-30,32,34-44H2,1-4H3,(H,85,95)(H,86,96)(H,87,102)(H,88,103)(H,113,114)(H,115,116)/t47?,48?,49?,50?,51?,52?,53?,54?,55?,56?,59?,60?,61?,62?,63?,64?,65?,66?,67?,68?,69?,70?,71?,72?,73?,74?,75?,76?,77?,78?,79?,80?,83-,84+/m1/s1. The Morgan fingerprint density at radius 3 is 1.27 bits per heavy atom. The monoisotopic (exact) mass is 1850 g/mol. The predicted octanol–water partition coefficient (Wildman–Crippen LogP) is -4.90. The lowest BCUT2D eigenvalue weighted by molar-refractivity contribution is -0.393. The average molecular weight is 1850 g/mol. The minimum absolute atomic E-state index is 0.144. The summed E-state index contributed by atoms with van der Waals surface area (Å²) >= 11 is 0. The molecule has 0 radical (unpaired) electrons. The number of hydrogen-bond acceptors (Lipinski definition) is 38. The van der Waals surface area contributed by atoms with Gasteiger partial charge >= 0.3 is 11.9 Å². The Kier molecular flexibility index (Phi) is 50.1. The number of ether oxygens (including phenoxy) is 12. The highest BCUT2D eigenvalue weighted by Gasteiger charge is 2.63. The van der Waals surface area contributed by atoms with Crippen LogP contribution in [0.1, 0.15) is 220 Å². The molecule has 6 rings (SSSR count). The van der Waals surface area contributed by atoms with Crippen molar-refractivity contribution in [2.24, 2.45) is 0 Å². The predicted molar refractivity (Wildman–Crippen MR) is 441 cm³/mol. The molecule has 128 heavy (non-hydrogen) atoms. The molecular formula is C84H148N4O40. The maximum Gasteiger partial charge on any atom is 0.364 e. The fourth-order valence-corrected chi connectivity index (χ4v) is 16.8. The first kappa shape index (κ1) is 112. The first-order valence-electron chi connectivity index (χ1n) is 45.4. The van der Waals surface area contributed by atoms with Crippen molar-refractivity contribution in [1.82, 2.24) is 21.3 Å². The van der Waals surface area contributed by atoms with E-state index in [0.717, 1.165) is 71.6 Å². The number of rotatable bonds is 60. The Morgan fingerprint density at radius 1 is 0.430 bits per heavy atom. The minimum Gasteiger partial charge on any atom is -0.477 e. The summed E-state index contributed by atoms with van der Waals surface area (Å²) < 4.78 is 71.0. The van der Waals surface area contributed by atoms with Gasteiger partial charge in [0.15, 0.2) is 25.2 Å². The molecule has 34 atom stereocenters. The molecule has 0 spiro atoms. The summed E-state index contributed by atoms with van der Waals surface area (Å²) in [5, 5.41) is 255. The zero-order valence-corrected chi connectivity index (χ0v) is 73.7. The largest absolute Gasteiger partial charge is 0.477 e. The third-order valence-corrected chi connectivity index (χ3v) is 24.2. The molecule has 6 heterocycles. The van der Waals surface area contributed by atoms with Gasteiger partial charge in [0.05, 0.1) is 82.7 Å². The van der Waals surface area contributed by atoms with Crippen LogP contribution < -0.4 is 21.3 Å². The summed E-state index contributed by atoms with van der Waals surface area (Å²) in [4.78, 5) is 78.5. The lowest BCUT2D eigenvalue weighted by Gasteiger charge is -2.51. The molecule has 26 N–H and O–H groups in total. The van der Waals surface area contributed by atoms with E-state index < -0.39 is 303 Å². The number of carbonyl (C=O) groups is 6. The Labute approximate surface area is 744 Å². The van der Waals surface area contributed by atoms with E-state index in [1.165, 1.54) is 103 Å². The Balaban J connectivity index is 1.19. The lowest BCUT2D eigenvalue weighted by Crippen LogP contribution is -2.71. The highest BCUT2D eigenvalue weighted by molar-refractivity contribution is 5.79. The molecule has 0 aromatic heterocycles. The summed E-state index contributed by atoms with van der Waals surface area (Å²) in [5.41, 5.74) is 0. The van der Waals surface area contributed by atoms with Crippen LogP contribution >= 0.6 is 0 Å². The number of carboxylic acid groups (broad SMARTS) is 2. The molecule has 0 saturated carbocycles. The van der Waals surface area contributed by atoms with E-state index in [9.17, 15) is 141 Å². The van der Waals surface area contributed by atoms with Crippen LogP contribution in [-0.2, 0) is 85.6 Å². The molecular weight excluding hydrogens is 1700 g/mol. The van der Waals surface area contributed by atoms with Gasteiger partial charge in [0, 0.05) is 33.1 Å². The van der Waals surface area contributed by atoms with Crippen LogP contribution in [0.2, 0.25) is 0 Å². The molecule has 0 aliphatic carbocycles. The molecule has 0 aromatic rings. The fraction of sp³-hybridized carbons (Fsp3) is 0.905. The summed E-state index contributed by atoms with van der Waals surface area (Å²) in [5.74, 6) is -14.7. The second-order valence-electron chi connectivity index (χ2n) is 34.3. The second-order valence-corrected chi connectivity index (χ2v) is 34.3. The second kappa shape index (κ2) is 57.2. The van der Waals surface area contributed by atoms with Crippen molar-refractivity contribution in [3.8, 4) is 0 Å². The molecule has 4 amide bonds. The van der Waals surface area contributed by atoms with Crippen molar-refractivity contribution in [3.05, 3.63) is 12.2 Å². The van der Waals surface area contributed by atoms with Gasteiger partial charge in [0.25, 0.3) is 11.6 Å². The molecule has 744 valence electrons. The van der Waals surface area contributed by atoms with E-state index in [1.807, 2.05) is 6.08 Å². The number of aliphatic carboxylic acids is 2. The van der Waals surface area contributed by atoms with Crippen molar-refractivity contribution in [3.63, 3.8) is 0 Å². The SMILES string of the molecule is CCCCCCCCCCCCCC=CC(O)C(COC1OC(CO)C(OC2OC(CO)C(OC3OC(CO)C(OC4OC(CO[C@]5(C(=O)O)CC(O)C(NC(=O)CO)C(C(O)C(O)CO)O5)C(O)C(O[C@]5(C(=O)O)CC(O)C(NC(C)=O)C(C(O)C(O)CO)O5)C4O)C(O)C3NC(C)=O)C(O)C2O)C(O)C1O)NC(=O)CCCCCCCCCCCCCCCCC. The summed E-state index contributed by atoms with van der Waals surface area (Å²) in [6, 6.07) is -6.87. The van der Waals surface area contributed by atoms with Gasteiger partial charge < -0.3 is 190 Å². The maximum absolute atomic E-state index is 13.6. The summed E-state index contributed by atoms with van der Waals surface area (Å²) in [6.45, 7) is -2.83. The highest BCUT2D eigenvalue weighted by Crippen LogP contribution is 2.42. The normalized spacial score (nSPS) is 34.9. The van der Waals surface area contributed by atoms with Crippen LogP contribution in [-0.4, -0.2) is 408 Å². The van der Waals surface area contributed by atoms with Crippen molar-refractivity contribution >= 4 is 35.6 Å². The van der Waals surface area contributed by atoms with E-state index in [2.05, 4.69) is 35.1 Å². The number of aliphatic hydroxyl groups excluding tert-OH is 20. The molecule has 44 nitrogen and oxygen atoms in total. The number of unbranched alkanes of at least 4 members (excludes halogenated alkanes) is 25. The quantitative estimate of drug-likeness (QED) is 0.0200. The summed E-state index contributed by atoms with van der Waals surface area (Å²) in [6.07, 6.45) is -29.9. The van der Waals surface area contributed by atoms with Gasteiger partial charge in [0.2, 0.25) is 23.6 Å². The zero-order valence-electron chi connectivity index (χ0n) is 73.7. The minimum atomic E-state index is -3.47. The third-order valence-electron chi connectivity index (χ3n) is 24.2. The molecule has 0 bridgehead atoms. The lowest BCUT2D eigenvalue weighted by atomic mass is 9.88. The van der Waals surface area contributed by atoms with Crippen LogP contribution in [0.3, 0.4) is 0 Å². The molecule has 32 unspecified atom stereocenters. The zero-order chi connectivity index (χ0) is 94.5. The maximum atomic E-state index is 13.6. The Bertz CT molecular complexity index is 3220. The first-order chi connectivity index (χ1) is 61.1. The Hall–Kier alpha value is -4.72. The van der Waals surface area contributed by atoms with Crippen LogP contribution in [0.5, 0.6) is 0 Å². The van der Waals surface area contributed by atoms with Gasteiger partial charge in [-0.05, 0) is 19.3 Å². The van der Waals surface area contributed by atoms with Gasteiger partial charge in [-0.1, -0.05) is 180 Å². The Morgan fingerprint density at radius 2 is 0.820 bits per heavy atom. The van der Waals surface area contributed by atoms with Crippen LogP contribution in [0.25, 0.3) is 0 Å². The number of amides is 4. The molecule has 6 saturated heterocycles. The van der Waals surface area contributed by atoms with E-state index in [-0.39, 0.29) is 12.3 Å². The van der Waals surface area contributed by atoms with Crippen molar-refractivity contribution < 1.29 is 198 Å². The third kappa shape index (κ3) is 32.8. The van der Waals surface area contributed by atoms with E-state index >= 15 is 0 Å². The molecule has 6 aliphatic rings. The van der Waals surface area contributed by atoms with Crippen LogP contribution in [0.4, 0.5) is 0 Å². The highest BCUT2D eigenvalue weighted by atomic mass is 16.8.